The SMILES string of the molecule is CCNC(CC)C(C)c1nccn1C. The molecule has 0 aliphatic rings. The fraction of sp³-hybridized carbons (Fsp3) is 0.727. The molecule has 0 bridgehead atoms. The third-order valence-corrected chi connectivity index (χ3v) is 2.78. The molecular formula is C11H21N3. The predicted octanol–water partition coefficient (Wildman–Crippen LogP) is 1.91. The minimum atomic E-state index is 0.472. The minimum Gasteiger partial charge on any atom is -0.338 e. The van der Waals surface area contributed by atoms with Crippen molar-refractivity contribution < 1.29 is 0 Å². The Morgan fingerprint density at radius 2 is 2.21 bits per heavy atom. The van der Waals surface area contributed by atoms with Gasteiger partial charge in [-0.3, -0.25) is 0 Å². The first kappa shape index (κ1) is 11.2. The second-order valence-corrected chi connectivity index (χ2v) is 3.76. The molecule has 0 aliphatic carbocycles. The highest BCUT2D eigenvalue weighted by molar-refractivity contribution is 5.02. The molecule has 1 N–H and O–H groups in total. The quantitative estimate of drug-likeness (QED) is 0.778. The van der Waals surface area contributed by atoms with E-state index in [-0.39, 0.29) is 0 Å². The van der Waals surface area contributed by atoms with Crippen LogP contribution in [0, 0.1) is 0 Å². The Morgan fingerprint density at radius 3 is 2.64 bits per heavy atom. The molecule has 1 aromatic rings. The van der Waals surface area contributed by atoms with Crippen molar-refractivity contribution in [3.8, 4) is 0 Å². The lowest BCUT2D eigenvalue weighted by molar-refractivity contribution is 0.429. The van der Waals surface area contributed by atoms with Crippen molar-refractivity contribution in [3.05, 3.63) is 18.2 Å². The summed E-state index contributed by atoms with van der Waals surface area (Å²) in [7, 11) is 2.05. The van der Waals surface area contributed by atoms with Crippen LogP contribution in [0.4, 0.5) is 0 Å². The van der Waals surface area contributed by atoms with Gasteiger partial charge in [-0.15, -0.1) is 0 Å². The van der Waals surface area contributed by atoms with Gasteiger partial charge in [0.05, 0.1) is 0 Å². The van der Waals surface area contributed by atoms with E-state index < -0.39 is 0 Å². The number of hydrogen-bond donors (Lipinski definition) is 1. The monoisotopic (exact) mass is 195 g/mol. The summed E-state index contributed by atoms with van der Waals surface area (Å²) in [6, 6.07) is 0.529. The van der Waals surface area contributed by atoms with Gasteiger partial charge in [0.25, 0.3) is 0 Å². The van der Waals surface area contributed by atoms with Crippen LogP contribution < -0.4 is 5.32 Å². The molecule has 80 valence electrons. The molecular weight excluding hydrogens is 174 g/mol. The Balaban J connectivity index is 2.72. The molecule has 1 heterocycles. The molecule has 0 aliphatic heterocycles. The van der Waals surface area contributed by atoms with Crippen LogP contribution in [0.2, 0.25) is 0 Å². The number of aryl methyl sites for hydroxylation is 1. The second kappa shape index (κ2) is 5.15. The number of imidazole rings is 1. The van der Waals surface area contributed by atoms with Crippen LogP contribution in [0.3, 0.4) is 0 Å². The fourth-order valence-electron chi connectivity index (χ4n) is 1.93. The summed E-state index contributed by atoms with van der Waals surface area (Å²) in [5, 5.41) is 3.49. The smallest absolute Gasteiger partial charge is 0.112 e. The zero-order valence-corrected chi connectivity index (χ0v) is 9.62. The van der Waals surface area contributed by atoms with Crippen LogP contribution in [0.5, 0.6) is 0 Å². The van der Waals surface area contributed by atoms with E-state index in [0.29, 0.717) is 12.0 Å². The highest BCUT2D eigenvalue weighted by Gasteiger charge is 2.19. The van der Waals surface area contributed by atoms with Gasteiger partial charge in [-0.25, -0.2) is 4.98 Å². The largest absolute Gasteiger partial charge is 0.338 e. The Kier molecular flexibility index (Phi) is 4.14. The van der Waals surface area contributed by atoms with E-state index in [9.17, 15) is 0 Å². The summed E-state index contributed by atoms with van der Waals surface area (Å²) in [6.45, 7) is 7.62. The molecule has 0 saturated heterocycles. The number of hydrogen-bond acceptors (Lipinski definition) is 2. The van der Waals surface area contributed by atoms with E-state index in [1.54, 1.807) is 0 Å². The lowest BCUT2D eigenvalue weighted by Crippen LogP contribution is -2.34. The van der Waals surface area contributed by atoms with E-state index in [4.69, 9.17) is 0 Å². The summed E-state index contributed by atoms with van der Waals surface area (Å²) >= 11 is 0. The topological polar surface area (TPSA) is 29.9 Å². The first-order chi connectivity index (χ1) is 6.70. The first-order valence-corrected chi connectivity index (χ1v) is 5.41. The van der Waals surface area contributed by atoms with Crippen molar-refractivity contribution in [2.24, 2.45) is 7.05 Å². The Bertz CT molecular complexity index is 267. The van der Waals surface area contributed by atoms with Crippen LogP contribution in [-0.4, -0.2) is 22.1 Å². The maximum atomic E-state index is 4.39. The van der Waals surface area contributed by atoms with Gasteiger partial charge >= 0.3 is 0 Å². The van der Waals surface area contributed by atoms with Gasteiger partial charge in [0.2, 0.25) is 0 Å². The summed E-state index contributed by atoms with van der Waals surface area (Å²) in [5.74, 6) is 1.64. The summed E-state index contributed by atoms with van der Waals surface area (Å²) < 4.78 is 2.10. The van der Waals surface area contributed by atoms with E-state index >= 15 is 0 Å². The van der Waals surface area contributed by atoms with Crippen LogP contribution in [-0.2, 0) is 7.05 Å². The number of likely N-dealkylation sites (N-methyl/N-ethyl adjacent to an activating group) is 1. The zero-order valence-electron chi connectivity index (χ0n) is 9.62. The second-order valence-electron chi connectivity index (χ2n) is 3.76. The van der Waals surface area contributed by atoms with Crippen molar-refractivity contribution in [3.63, 3.8) is 0 Å². The van der Waals surface area contributed by atoms with Gasteiger partial charge in [0, 0.05) is 31.4 Å². The molecule has 0 fully saturated rings. The molecule has 0 saturated carbocycles. The van der Waals surface area contributed by atoms with Crippen molar-refractivity contribution in [1.82, 2.24) is 14.9 Å². The first-order valence-electron chi connectivity index (χ1n) is 5.41. The van der Waals surface area contributed by atoms with Crippen molar-refractivity contribution >= 4 is 0 Å². The van der Waals surface area contributed by atoms with Crippen molar-refractivity contribution in [2.75, 3.05) is 6.54 Å². The van der Waals surface area contributed by atoms with Crippen LogP contribution >= 0.6 is 0 Å². The minimum absolute atomic E-state index is 0.472. The fourth-order valence-corrected chi connectivity index (χ4v) is 1.93. The molecule has 0 radical (unpaired) electrons. The third-order valence-electron chi connectivity index (χ3n) is 2.78. The molecule has 2 atom stereocenters. The molecule has 1 rings (SSSR count). The highest BCUT2D eigenvalue weighted by Crippen LogP contribution is 2.18. The third kappa shape index (κ3) is 2.35. The molecule has 3 nitrogen and oxygen atoms in total. The van der Waals surface area contributed by atoms with Gasteiger partial charge in [-0.2, -0.15) is 0 Å². The lowest BCUT2D eigenvalue weighted by Gasteiger charge is -2.23. The van der Waals surface area contributed by atoms with Crippen molar-refractivity contribution in [1.29, 1.82) is 0 Å². The lowest BCUT2D eigenvalue weighted by atomic mass is 9.99. The van der Waals surface area contributed by atoms with Gasteiger partial charge in [-0.05, 0) is 13.0 Å². The molecule has 14 heavy (non-hydrogen) atoms. The summed E-state index contributed by atoms with van der Waals surface area (Å²) in [5.41, 5.74) is 0. The molecule has 1 aromatic heterocycles. The van der Waals surface area contributed by atoms with Gasteiger partial charge < -0.3 is 9.88 Å². The van der Waals surface area contributed by atoms with Gasteiger partial charge in [-0.1, -0.05) is 20.8 Å². The molecule has 0 spiro atoms. The molecule has 0 amide bonds. The van der Waals surface area contributed by atoms with E-state index in [2.05, 4.69) is 42.7 Å². The number of nitrogens with one attached hydrogen (secondary N) is 1. The predicted molar refractivity (Wildman–Crippen MR) is 59.4 cm³/mol. The molecule has 0 aromatic carbocycles. The Morgan fingerprint density at radius 1 is 1.50 bits per heavy atom. The average Bonchev–Trinajstić information content (AvgIpc) is 2.59. The number of aromatic nitrogens is 2. The Labute approximate surface area is 86.5 Å². The normalized spacial score (nSPS) is 15.4. The van der Waals surface area contributed by atoms with Crippen LogP contribution in [0.1, 0.15) is 38.9 Å². The van der Waals surface area contributed by atoms with Crippen LogP contribution in [0.25, 0.3) is 0 Å². The Hall–Kier alpha value is -0.830. The van der Waals surface area contributed by atoms with E-state index in [1.165, 1.54) is 0 Å². The van der Waals surface area contributed by atoms with Crippen molar-refractivity contribution in [2.45, 2.75) is 39.2 Å². The van der Waals surface area contributed by atoms with Crippen LogP contribution in [0.15, 0.2) is 12.4 Å². The molecule has 2 unspecified atom stereocenters. The highest BCUT2D eigenvalue weighted by atomic mass is 15.1. The van der Waals surface area contributed by atoms with Gasteiger partial charge in [0.15, 0.2) is 0 Å². The van der Waals surface area contributed by atoms with E-state index in [1.807, 2.05) is 12.4 Å². The molecule has 3 heteroatoms. The van der Waals surface area contributed by atoms with Gasteiger partial charge in [0.1, 0.15) is 5.82 Å². The number of nitrogens with zero attached hydrogens (tertiary/aromatic N) is 2. The summed E-state index contributed by atoms with van der Waals surface area (Å²) in [4.78, 5) is 4.39. The maximum absolute atomic E-state index is 4.39. The maximum Gasteiger partial charge on any atom is 0.112 e. The zero-order chi connectivity index (χ0) is 10.6. The van der Waals surface area contributed by atoms with E-state index in [0.717, 1.165) is 18.8 Å². The number of rotatable bonds is 5. The average molecular weight is 195 g/mol. The summed E-state index contributed by atoms with van der Waals surface area (Å²) in [6.07, 6.45) is 5.01. The standard InChI is InChI=1S/C11H21N3/c1-5-10(12-6-2)9(3)11-13-7-8-14(11)4/h7-10,12H,5-6H2,1-4H3.